The van der Waals surface area contributed by atoms with Gasteiger partial charge in [-0.05, 0) is 74.5 Å². The van der Waals surface area contributed by atoms with E-state index >= 15 is 0 Å². The molecule has 0 bridgehead atoms. The van der Waals surface area contributed by atoms with Crippen molar-refractivity contribution in [2.75, 3.05) is 0 Å². The number of hydrogen-bond acceptors (Lipinski definition) is 3. The van der Waals surface area contributed by atoms with Crippen molar-refractivity contribution in [3.05, 3.63) is 0 Å². The van der Waals surface area contributed by atoms with E-state index in [9.17, 15) is 15.3 Å². The van der Waals surface area contributed by atoms with Crippen molar-refractivity contribution in [1.82, 2.24) is 0 Å². The topological polar surface area (TPSA) is 60.7 Å². The van der Waals surface area contributed by atoms with Gasteiger partial charge in [-0.3, -0.25) is 0 Å². The minimum Gasteiger partial charge on any atom is -0.390 e. The van der Waals surface area contributed by atoms with Crippen LogP contribution in [0.25, 0.3) is 0 Å². The van der Waals surface area contributed by atoms with E-state index in [1.165, 1.54) is 0 Å². The number of alkyl halides is 2. The average molecular weight is 482 g/mol. The second kappa shape index (κ2) is 6.43. The lowest BCUT2D eigenvalue weighted by molar-refractivity contribution is -0.172. The first-order valence-electron chi connectivity index (χ1n) is 9.74. The number of aliphatic hydroxyl groups is 3. The second-order valence-electron chi connectivity index (χ2n) is 10.3. The number of aliphatic hydroxyl groups excluding tert-OH is 1. The van der Waals surface area contributed by atoms with Crippen molar-refractivity contribution in [3.63, 3.8) is 0 Å². The molecule has 3 aliphatic rings. The van der Waals surface area contributed by atoms with E-state index in [0.717, 1.165) is 32.1 Å². The molecular formula is C20H34Br2O3. The Morgan fingerprint density at radius 2 is 1.48 bits per heavy atom. The third-order valence-electron chi connectivity index (χ3n) is 7.84. The van der Waals surface area contributed by atoms with Gasteiger partial charge in [0, 0.05) is 9.65 Å². The second-order valence-corrected chi connectivity index (χ2v) is 12.5. The zero-order valence-electron chi connectivity index (χ0n) is 15.9. The molecule has 3 aliphatic carbocycles. The number of rotatable bonds is 2. The zero-order chi connectivity index (χ0) is 18.8. The molecule has 3 rings (SSSR count). The quantitative estimate of drug-likeness (QED) is 0.512. The molecule has 5 heteroatoms. The van der Waals surface area contributed by atoms with Crippen LogP contribution < -0.4 is 0 Å². The highest BCUT2D eigenvalue weighted by Gasteiger charge is 2.62. The van der Waals surface area contributed by atoms with Crippen molar-refractivity contribution in [2.45, 2.75) is 99.6 Å². The number of halogens is 2. The first-order valence-corrected chi connectivity index (χ1v) is 11.6. The van der Waals surface area contributed by atoms with Crippen molar-refractivity contribution in [1.29, 1.82) is 0 Å². The van der Waals surface area contributed by atoms with E-state index in [1.54, 1.807) is 0 Å². The van der Waals surface area contributed by atoms with E-state index in [-0.39, 0.29) is 22.7 Å². The summed E-state index contributed by atoms with van der Waals surface area (Å²) in [6.07, 6.45) is 4.89. The van der Waals surface area contributed by atoms with Crippen molar-refractivity contribution < 1.29 is 15.3 Å². The van der Waals surface area contributed by atoms with Gasteiger partial charge in [-0.2, -0.15) is 0 Å². The average Bonchev–Trinajstić information content (AvgIpc) is 2.87. The number of fused-ring (bicyclic) bond motifs is 1. The van der Waals surface area contributed by atoms with E-state index in [4.69, 9.17) is 0 Å². The third-order valence-corrected chi connectivity index (χ3v) is 11.0. The van der Waals surface area contributed by atoms with Crippen LogP contribution in [0.5, 0.6) is 0 Å². The Balaban J connectivity index is 1.88. The summed E-state index contributed by atoms with van der Waals surface area (Å²) < 4.78 is 0. The molecule has 0 aliphatic heterocycles. The standard InChI is InChI=1S/C20H34Br2O3/c1-17(2)11-20(25,10-7-13(17)21)16(23)12-5-8-18(3)14(22)6-9-19(4,24)15(12)18/h12-16,23-25H,5-11H2,1-4H3/t12-,13+,14+,15+,16?,18-,19-,20-/m1/s1. The van der Waals surface area contributed by atoms with Gasteiger partial charge in [-0.15, -0.1) is 0 Å². The number of hydrogen-bond donors (Lipinski definition) is 3. The molecule has 0 aromatic carbocycles. The smallest absolute Gasteiger partial charge is 0.0914 e. The van der Waals surface area contributed by atoms with Gasteiger partial charge in [-0.1, -0.05) is 52.6 Å². The van der Waals surface area contributed by atoms with E-state index < -0.39 is 17.3 Å². The lowest BCUT2D eigenvalue weighted by atomic mass is 9.57. The summed E-state index contributed by atoms with van der Waals surface area (Å²) in [6, 6.07) is 0. The summed E-state index contributed by atoms with van der Waals surface area (Å²) in [7, 11) is 0. The summed E-state index contributed by atoms with van der Waals surface area (Å²) in [5.41, 5.74) is -1.91. The van der Waals surface area contributed by atoms with Gasteiger partial charge in [0.25, 0.3) is 0 Å². The Bertz CT molecular complexity index is 523. The predicted octanol–water partition coefficient (Wildman–Crippen LogP) is 4.39. The van der Waals surface area contributed by atoms with Crippen molar-refractivity contribution >= 4 is 31.9 Å². The van der Waals surface area contributed by atoms with Crippen molar-refractivity contribution in [3.8, 4) is 0 Å². The fourth-order valence-corrected chi connectivity index (χ4v) is 7.60. The lowest BCUT2D eigenvalue weighted by Gasteiger charge is -2.54. The molecule has 3 N–H and O–H groups in total. The first kappa shape index (κ1) is 20.6. The summed E-state index contributed by atoms with van der Waals surface area (Å²) in [5, 5.41) is 33.9. The molecule has 1 unspecified atom stereocenters. The van der Waals surface area contributed by atoms with Crippen LogP contribution in [0.15, 0.2) is 0 Å². The van der Waals surface area contributed by atoms with E-state index in [1.807, 2.05) is 6.92 Å². The Morgan fingerprint density at radius 3 is 2.08 bits per heavy atom. The molecular weight excluding hydrogens is 448 g/mol. The van der Waals surface area contributed by atoms with Crippen LogP contribution in [0.3, 0.4) is 0 Å². The maximum Gasteiger partial charge on any atom is 0.0914 e. The van der Waals surface area contributed by atoms with Gasteiger partial charge >= 0.3 is 0 Å². The Hall–Kier alpha value is 0.840. The zero-order valence-corrected chi connectivity index (χ0v) is 19.1. The molecule has 0 amide bonds. The van der Waals surface area contributed by atoms with Crippen LogP contribution in [-0.2, 0) is 0 Å². The van der Waals surface area contributed by atoms with E-state index in [2.05, 4.69) is 52.6 Å². The van der Waals surface area contributed by atoms with Crippen LogP contribution in [0.1, 0.15) is 72.6 Å². The predicted molar refractivity (Wildman–Crippen MR) is 108 cm³/mol. The monoisotopic (exact) mass is 480 g/mol. The van der Waals surface area contributed by atoms with Gasteiger partial charge in [0.15, 0.2) is 0 Å². The van der Waals surface area contributed by atoms with E-state index in [0.29, 0.717) is 22.5 Å². The fourth-order valence-electron chi connectivity index (χ4n) is 6.46. The molecule has 0 aromatic heterocycles. The summed E-state index contributed by atoms with van der Waals surface area (Å²) >= 11 is 7.60. The Kier molecular flexibility index (Phi) is 5.29. The molecule has 3 fully saturated rings. The first-order chi connectivity index (χ1) is 11.3. The molecule has 146 valence electrons. The molecule has 8 atom stereocenters. The summed E-state index contributed by atoms with van der Waals surface area (Å²) in [5.74, 6) is -0.0324. The third kappa shape index (κ3) is 3.28. The molecule has 0 radical (unpaired) electrons. The highest BCUT2D eigenvalue weighted by molar-refractivity contribution is 9.09. The SMILES string of the molecule is CC1(C)C[C@@](O)(C(O)[C@@H]2CC[C@]3(C)[C@@H](Br)CC[C@@](C)(O)[C@@H]23)CC[C@@H]1Br. The van der Waals surface area contributed by atoms with Crippen LogP contribution in [0, 0.1) is 22.7 Å². The Morgan fingerprint density at radius 1 is 0.880 bits per heavy atom. The van der Waals surface area contributed by atoms with Crippen LogP contribution in [0.2, 0.25) is 0 Å². The van der Waals surface area contributed by atoms with Gasteiger partial charge in [-0.25, -0.2) is 0 Å². The molecule has 25 heavy (non-hydrogen) atoms. The molecule has 0 saturated heterocycles. The Labute approximate surface area is 169 Å². The van der Waals surface area contributed by atoms with Gasteiger partial charge in [0.1, 0.15) is 0 Å². The highest BCUT2D eigenvalue weighted by atomic mass is 79.9. The maximum absolute atomic E-state index is 11.4. The molecule has 0 spiro atoms. The minimum atomic E-state index is -1.06. The van der Waals surface area contributed by atoms with Crippen LogP contribution in [0.4, 0.5) is 0 Å². The molecule has 0 aromatic rings. The molecule has 3 saturated carbocycles. The van der Waals surface area contributed by atoms with Gasteiger partial charge < -0.3 is 15.3 Å². The van der Waals surface area contributed by atoms with Crippen molar-refractivity contribution in [2.24, 2.45) is 22.7 Å². The highest BCUT2D eigenvalue weighted by Crippen LogP contribution is 2.62. The van der Waals surface area contributed by atoms with Crippen LogP contribution >= 0.6 is 31.9 Å². The molecule has 0 heterocycles. The summed E-state index contributed by atoms with van der Waals surface area (Å²) in [6.45, 7) is 8.50. The summed E-state index contributed by atoms with van der Waals surface area (Å²) in [4.78, 5) is 0.734. The van der Waals surface area contributed by atoms with Gasteiger partial charge in [0.2, 0.25) is 0 Å². The minimum absolute atomic E-state index is 0.0157. The van der Waals surface area contributed by atoms with Gasteiger partial charge in [0.05, 0.1) is 17.3 Å². The fraction of sp³-hybridized carbons (Fsp3) is 1.00. The normalized spacial score (nSPS) is 54.1. The van der Waals surface area contributed by atoms with Crippen LogP contribution in [-0.4, -0.2) is 42.3 Å². The molecule has 3 nitrogen and oxygen atoms in total. The lowest BCUT2D eigenvalue weighted by Crippen LogP contribution is -2.59. The maximum atomic E-state index is 11.4. The largest absolute Gasteiger partial charge is 0.390 e.